The SMILES string of the molecule is CC#CCCCC(N)CC. The van der Waals surface area contributed by atoms with Crippen LogP contribution in [0.3, 0.4) is 0 Å². The van der Waals surface area contributed by atoms with Gasteiger partial charge < -0.3 is 5.73 Å². The van der Waals surface area contributed by atoms with Gasteiger partial charge in [0.2, 0.25) is 0 Å². The first-order valence-electron chi connectivity index (χ1n) is 3.96. The Labute approximate surface area is 64.0 Å². The molecule has 1 heteroatoms. The van der Waals surface area contributed by atoms with Crippen molar-refractivity contribution >= 4 is 0 Å². The predicted octanol–water partition coefficient (Wildman–Crippen LogP) is 1.92. The van der Waals surface area contributed by atoms with Gasteiger partial charge in [-0.2, -0.15) is 0 Å². The lowest BCUT2D eigenvalue weighted by Gasteiger charge is -2.04. The lowest BCUT2D eigenvalue weighted by Crippen LogP contribution is -2.17. The molecule has 0 radical (unpaired) electrons. The molecule has 0 aromatic rings. The van der Waals surface area contributed by atoms with E-state index < -0.39 is 0 Å². The van der Waals surface area contributed by atoms with Gasteiger partial charge in [0, 0.05) is 12.5 Å². The van der Waals surface area contributed by atoms with Crippen molar-refractivity contribution in [3.8, 4) is 11.8 Å². The molecule has 0 spiro atoms. The van der Waals surface area contributed by atoms with E-state index in [0.717, 1.165) is 25.7 Å². The molecule has 10 heavy (non-hydrogen) atoms. The molecular formula is C9H17N. The van der Waals surface area contributed by atoms with E-state index in [1.807, 2.05) is 6.92 Å². The van der Waals surface area contributed by atoms with E-state index in [-0.39, 0.29) is 0 Å². The van der Waals surface area contributed by atoms with Gasteiger partial charge in [0.05, 0.1) is 0 Å². The average Bonchev–Trinajstić information content (AvgIpc) is 1.98. The molecule has 0 aliphatic heterocycles. The zero-order valence-corrected chi connectivity index (χ0v) is 6.98. The minimum Gasteiger partial charge on any atom is -0.328 e. The Morgan fingerprint density at radius 2 is 2.20 bits per heavy atom. The van der Waals surface area contributed by atoms with Gasteiger partial charge in [0.15, 0.2) is 0 Å². The maximum Gasteiger partial charge on any atom is 0.00891 e. The van der Waals surface area contributed by atoms with Crippen molar-refractivity contribution in [2.45, 2.75) is 45.6 Å². The summed E-state index contributed by atoms with van der Waals surface area (Å²) in [6.45, 7) is 4.00. The van der Waals surface area contributed by atoms with Crippen LogP contribution in [0.2, 0.25) is 0 Å². The third-order valence-electron chi connectivity index (χ3n) is 1.58. The normalized spacial score (nSPS) is 11.9. The summed E-state index contributed by atoms with van der Waals surface area (Å²) in [5, 5.41) is 0. The summed E-state index contributed by atoms with van der Waals surface area (Å²) in [4.78, 5) is 0. The minimum absolute atomic E-state index is 0.388. The van der Waals surface area contributed by atoms with E-state index >= 15 is 0 Å². The van der Waals surface area contributed by atoms with Crippen LogP contribution in [0.1, 0.15) is 39.5 Å². The first-order valence-corrected chi connectivity index (χ1v) is 3.96. The van der Waals surface area contributed by atoms with Gasteiger partial charge in [-0.05, 0) is 26.2 Å². The van der Waals surface area contributed by atoms with E-state index in [1.54, 1.807) is 0 Å². The van der Waals surface area contributed by atoms with E-state index in [1.165, 1.54) is 0 Å². The van der Waals surface area contributed by atoms with Crippen LogP contribution < -0.4 is 5.73 Å². The molecule has 0 aliphatic rings. The molecule has 0 fully saturated rings. The lowest BCUT2D eigenvalue weighted by molar-refractivity contribution is 0.574. The third-order valence-corrected chi connectivity index (χ3v) is 1.58. The summed E-state index contributed by atoms with van der Waals surface area (Å²) < 4.78 is 0. The van der Waals surface area contributed by atoms with Gasteiger partial charge in [-0.15, -0.1) is 11.8 Å². The highest BCUT2D eigenvalue weighted by Gasteiger charge is 1.95. The lowest BCUT2D eigenvalue weighted by atomic mass is 10.1. The molecule has 0 aromatic heterocycles. The largest absolute Gasteiger partial charge is 0.328 e. The molecule has 1 atom stereocenters. The Morgan fingerprint density at radius 3 is 2.70 bits per heavy atom. The fraction of sp³-hybridized carbons (Fsp3) is 0.778. The molecule has 2 N–H and O–H groups in total. The van der Waals surface area contributed by atoms with Crippen LogP contribution in [0.25, 0.3) is 0 Å². The Bertz CT molecular complexity index is 118. The zero-order chi connectivity index (χ0) is 7.82. The molecule has 0 amide bonds. The van der Waals surface area contributed by atoms with Gasteiger partial charge >= 0.3 is 0 Å². The van der Waals surface area contributed by atoms with Crippen LogP contribution in [0, 0.1) is 11.8 Å². The standard InChI is InChI=1S/C9H17N/c1-3-5-6-7-8-9(10)4-2/h9H,4,6-8,10H2,1-2H3. The Balaban J connectivity index is 3.08. The van der Waals surface area contributed by atoms with Crippen molar-refractivity contribution in [2.75, 3.05) is 0 Å². The average molecular weight is 139 g/mol. The van der Waals surface area contributed by atoms with Crippen LogP contribution >= 0.6 is 0 Å². The van der Waals surface area contributed by atoms with Crippen molar-refractivity contribution < 1.29 is 0 Å². The van der Waals surface area contributed by atoms with Gasteiger partial charge in [-0.3, -0.25) is 0 Å². The molecule has 0 bridgehead atoms. The van der Waals surface area contributed by atoms with E-state index in [2.05, 4.69) is 18.8 Å². The van der Waals surface area contributed by atoms with Crippen molar-refractivity contribution in [1.82, 2.24) is 0 Å². The number of hydrogen-bond acceptors (Lipinski definition) is 1. The highest BCUT2D eigenvalue weighted by molar-refractivity contribution is 4.94. The zero-order valence-electron chi connectivity index (χ0n) is 6.98. The number of hydrogen-bond donors (Lipinski definition) is 1. The second kappa shape index (κ2) is 6.64. The third kappa shape index (κ3) is 5.65. The second-order valence-electron chi connectivity index (χ2n) is 2.49. The summed E-state index contributed by atoms with van der Waals surface area (Å²) in [5.74, 6) is 5.89. The van der Waals surface area contributed by atoms with E-state index in [4.69, 9.17) is 5.73 Å². The highest BCUT2D eigenvalue weighted by atomic mass is 14.6. The topological polar surface area (TPSA) is 26.0 Å². The maximum atomic E-state index is 5.71. The van der Waals surface area contributed by atoms with Crippen LogP contribution in [0.15, 0.2) is 0 Å². The minimum atomic E-state index is 0.388. The fourth-order valence-electron chi connectivity index (χ4n) is 0.782. The first kappa shape index (κ1) is 9.52. The molecule has 0 rings (SSSR count). The number of nitrogens with two attached hydrogens (primary N) is 1. The summed E-state index contributed by atoms with van der Waals surface area (Å²) in [7, 11) is 0. The highest BCUT2D eigenvalue weighted by Crippen LogP contribution is 2.00. The smallest absolute Gasteiger partial charge is 0.00891 e. The van der Waals surface area contributed by atoms with Crippen LogP contribution in [0.5, 0.6) is 0 Å². The monoisotopic (exact) mass is 139 g/mol. The molecule has 1 unspecified atom stereocenters. The first-order chi connectivity index (χ1) is 4.81. The molecule has 0 saturated heterocycles. The quantitative estimate of drug-likeness (QED) is 0.467. The van der Waals surface area contributed by atoms with Gasteiger partial charge in [-0.1, -0.05) is 6.92 Å². The van der Waals surface area contributed by atoms with Crippen LogP contribution in [-0.4, -0.2) is 6.04 Å². The Hall–Kier alpha value is -0.480. The van der Waals surface area contributed by atoms with Crippen molar-refractivity contribution in [3.63, 3.8) is 0 Å². The Kier molecular flexibility index (Phi) is 6.32. The number of unbranched alkanes of at least 4 members (excludes halogenated alkanes) is 1. The summed E-state index contributed by atoms with van der Waals surface area (Å²) >= 11 is 0. The maximum absolute atomic E-state index is 5.71. The predicted molar refractivity (Wildman–Crippen MR) is 45.6 cm³/mol. The molecule has 0 saturated carbocycles. The second-order valence-corrected chi connectivity index (χ2v) is 2.49. The molecule has 0 aliphatic carbocycles. The molecule has 0 heterocycles. The summed E-state index contributed by atoms with van der Waals surface area (Å²) in [6, 6.07) is 0.388. The van der Waals surface area contributed by atoms with Crippen molar-refractivity contribution in [1.29, 1.82) is 0 Å². The van der Waals surface area contributed by atoms with Crippen molar-refractivity contribution in [2.24, 2.45) is 5.73 Å². The summed E-state index contributed by atoms with van der Waals surface area (Å²) in [6.07, 6.45) is 4.35. The fourth-order valence-corrected chi connectivity index (χ4v) is 0.782. The molecule has 0 aromatic carbocycles. The van der Waals surface area contributed by atoms with E-state index in [0.29, 0.717) is 6.04 Å². The van der Waals surface area contributed by atoms with Gasteiger partial charge in [0.1, 0.15) is 0 Å². The summed E-state index contributed by atoms with van der Waals surface area (Å²) in [5.41, 5.74) is 5.71. The van der Waals surface area contributed by atoms with Gasteiger partial charge in [-0.25, -0.2) is 0 Å². The van der Waals surface area contributed by atoms with E-state index in [9.17, 15) is 0 Å². The number of rotatable bonds is 4. The molecule has 58 valence electrons. The Morgan fingerprint density at radius 1 is 1.50 bits per heavy atom. The van der Waals surface area contributed by atoms with Crippen LogP contribution in [0.4, 0.5) is 0 Å². The van der Waals surface area contributed by atoms with Gasteiger partial charge in [0.25, 0.3) is 0 Å². The van der Waals surface area contributed by atoms with Crippen LogP contribution in [-0.2, 0) is 0 Å². The molecule has 1 nitrogen and oxygen atoms in total. The molecular weight excluding hydrogens is 122 g/mol. The van der Waals surface area contributed by atoms with Crippen molar-refractivity contribution in [3.05, 3.63) is 0 Å².